The third-order valence-electron chi connectivity index (χ3n) is 3.56. The van der Waals surface area contributed by atoms with Gasteiger partial charge < -0.3 is 10.6 Å². The lowest BCUT2D eigenvalue weighted by Crippen LogP contribution is -2.30. The molecule has 0 spiro atoms. The second-order valence-corrected chi connectivity index (χ2v) is 6.10. The number of Topliss-reactive ketones (excluding diaryl/α,β-unsaturated/α-hetero) is 1. The number of benzene rings is 1. The Labute approximate surface area is 124 Å². The SMILES string of the molecule is CC(=O)c1ccc(N(C)C(C)Cc2cccs2)cc1N. The molecule has 0 amide bonds. The first-order chi connectivity index (χ1) is 9.49. The number of nitrogens with two attached hydrogens (primary N) is 1. The number of nitrogen functional groups attached to an aromatic ring is 1. The predicted octanol–water partition coefficient (Wildman–Crippen LogP) is 3.60. The molecule has 1 unspecified atom stereocenters. The number of nitrogens with zero attached hydrogens (tertiary/aromatic N) is 1. The van der Waals surface area contributed by atoms with Gasteiger partial charge in [0, 0.05) is 41.3 Å². The second-order valence-electron chi connectivity index (χ2n) is 5.07. The van der Waals surface area contributed by atoms with Gasteiger partial charge in [-0.25, -0.2) is 0 Å². The molecule has 106 valence electrons. The number of rotatable bonds is 5. The fourth-order valence-corrected chi connectivity index (χ4v) is 3.03. The van der Waals surface area contributed by atoms with Crippen molar-refractivity contribution in [2.75, 3.05) is 17.7 Å². The molecule has 0 aliphatic rings. The molecule has 1 aromatic carbocycles. The van der Waals surface area contributed by atoms with E-state index in [4.69, 9.17) is 5.73 Å². The molecule has 1 atom stereocenters. The predicted molar refractivity (Wildman–Crippen MR) is 86.7 cm³/mol. The Morgan fingerprint density at radius 1 is 1.40 bits per heavy atom. The minimum atomic E-state index is 0.00309. The maximum absolute atomic E-state index is 11.4. The van der Waals surface area contributed by atoms with Crippen molar-refractivity contribution >= 4 is 28.5 Å². The van der Waals surface area contributed by atoms with Gasteiger partial charge in [0.1, 0.15) is 0 Å². The summed E-state index contributed by atoms with van der Waals surface area (Å²) in [6.45, 7) is 3.73. The highest BCUT2D eigenvalue weighted by Gasteiger charge is 2.13. The Kier molecular flexibility index (Phi) is 4.45. The Balaban J connectivity index is 2.14. The van der Waals surface area contributed by atoms with E-state index in [2.05, 4.69) is 36.4 Å². The van der Waals surface area contributed by atoms with Gasteiger partial charge in [-0.3, -0.25) is 4.79 Å². The van der Waals surface area contributed by atoms with E-state index in [1.165, 1.54) is 11.8 Å². The summed E-state index contributed by atoms with van der Waals surface area (Å²) in [7, 11) is 2.06. The van der Waals surface area contributed by atoms with Crippen molar-refractivity contribution in [3.8, 4) is 0 Å². The van der Waals surface area contributed by atoms with Crippen LogP contribution in [0.2, 0.25) is 0 Å². The number of anilines is 2. The molecule has 2 rings (SSSR count). The number of thiophene rings is 1. The van der Waals surface area contributed by atoms with E-state index in [-0.39, 0.29) is 5.78 Å². The van der Waals surface area contributed by atoms with Gasteiger partial charge in [0.05, 0.1) is 0 Å². The number of likely N-dealkylation sites (N-methyl/N-ethyl adjacent to an activating group) is 1. The average molecular weight is 288 g/mol. The highest BCUT2D eigenvalue weighted by Crippen LogP contribution is 2.24. The van der Waals surface area contributed by atoms with E-state index < -0.39 is 0 Å². The smallest absolute Gasteiger partial charge is 0.161 e. The zero-order valence-corrected chi connectivity index (χ0v) is 12.9. The van der Waals surface area contributed by atoms with Crippen LogP contribution in [0.15, 0.2) is 35.7 Å². The summed E-state index contributed by atoms with van der Waals surface area (Å²) in [4.78, 5) is 15.0. The van der Waals surface area contributed by atoms with Crippen LogP contribution in [0, 0.1) is 0 Å². The molecular formula is C16H20N2OS. The van der Waals surface area contributed by atoms with Crippen LogP contribution in [0.4, 0.5) is 11.4 Å². The molecule has 2 aromatic rings. The molecule has 4 heteroatoms. The van der Waals surface area contributed by atoms with Crippen molar-refractivity contribution in [1.29, 1.82) is 0 Å². The van der Waals surface area contributed by atoms with E-state index in [0.717, 1.165) is 12.1 Å². The van der Waals surface area contributed by atoms with E-state index in [9.17, 15) is 4.79 Å². The molecule has 0 saturated carbocycles. The van der Waals surface area contributed by atoms with Gasteiger partial charge in [-0.15, -0.1) is 11.3 Å². The molecule has 2 N–H and O–H groups in total. The minimum Gasteiger partial charge on any atom is -0.398 e. The molecule has 3 nitrogen and oxygen atoms in total. The summed E-state index contributed by atoms with van der Waals surface area (Å²) in [6, 6.07) is 10.2. The largest absolute Gasteiger partial charge is 0.398 e. The first-order valence-electron chi connectivity index (χ1n) is 6.64. The highest BCUT2D eigenvalue weighted by atomic mass is 32.1. The quantitative estimate of drug-likeness (QED) is 0.675. The third-order valence-corrected chi connectivity index (χ3v) is 4.46. The molecule has 1 heterocycles. The molecule has 1 aromatic heterocycles. The maximum atomic E-state index is 11.4. The normalized spacial score (nSPS) is 12.2. The van der Waals surface area contributed by atoms with Gasteiger partial charge in [0.15, 0.2) is 5.78 Å². The summed E-state index contributed by atoms with van der Waals surface area (Å²) in [5, 5.41) is 2.10. The second kappa shape index (κ2) is 6.09. The summed E-state index contributed by atoms with van der Waals surface area (Å²) >= 11 is 1.78. The van der Waals surface area contributed by atoms with Crippen LogP contribution in [0.1, 0.15) is 29.1 Å². The molecule has 0 radical (unpaired) electrons. The van der Waals surface area contributed by atoms with Gasteiger partial charge in [-0.05, 0) is 43.5 Å². The number of hydrogen-bond acceptors (Lipinski definition) is 4. The van der Waals surface area contributed by atoms with Crippen molar-refractivity contribution in [2.45, 2.75) is 26.3 Å². The fourth-order valence-electron chi connectivity index (χ4n) is 2.20. The lowest BCUT2D eigenvalue weighted by atomic mass is 10.1. The van der Waals surface area contributed by atoms with Crippen LogP contribution < -0.4 is 10.6 Å². The van der Waals surface area contributed by atoms with Crippen molar-refractivity contribution in [1.82, 2.24) is 0 Å². The van der Waals surface area contributed by atoms with E-state index in [1.54, 1.807) is 17.4 Å². The van der Waals surface area contributed by atoms with E-state index >= 15 is 0 Å². The van der Waals surface area contributed by atoms with Crippen molar-refractivity contribution < 1.29 is 4.79 Å². The van der Waals surface area contributed by atoms with Crippen LogP contribution in [0.25, 0.3) is 0 Å². The number of carbonyl (C=O) groups excluding carboxylic acids is 1. The lowest BCUT2D eigenvalue weighted by Gasteiger charge is -2.27. The van der Waals surface area contributed by atoms with Gasteiger partial charge >= 0.3 is 0 Å². The van der Waals surface area contributed by atoms with Gasteiger partial charge in [0.25, 0.3) is 0 Å². The lowest BCUT2D eigenvalue weighted by molar-refractivity contribution is 0.101. The number of ketones is 1. The van der Waals surface area contributed by atoms with Crippen LogP contribution >= 0.6 is 11.3 Å². The fraction of sp³-hybridized carbons (Fsp3) is 0.312. The van der Waals surface area contributed by atoms with Gasteiger partial charge in [0.2, 0.25) is 0 Å². The standard InChI is InChI=1S/C16H20N2OS/c1-11(9-14-5-4-8-20-14)18(3)13-6-7-15(12(2)19)16(17)10-13/h4-8,10-11H,9,17H2,1-3H3. The summed E-state index contributed by atoms with van der Waals surface area (Å²) in [5.41, 5.74) is 8.13. The van der Waals surface area contributed by atoms with Crippen molar-refractivity contribution in [2.24, 2.45) is 0 Å². The monoisotopic (exact) mass is 288 g/mol. The van der Waals surface area contributed by atoms with Gasteiger partial charge in [-0.2, -0.15) is 0 Å². The third kappa shape index (κ3) is 3.20. The molecule has 0 aliphatic heterocycles. The molecule has 0 aliphatic carbocycles. The first-order valence-corrected chi connectivity index (χ1v) is 7.52. The average Bonchev–Trinajstić information content (AvgIpc) is 2.90. The highest BCUT2D eigenvalue weighted by molar-refractivity contribution is 7.09. The van der Waals surface area contributed by atoms with Crippen LogP contribution in [0.3, 0.4) is 0 Å². The summed E-state index contributed by atoms with van der Waals surface area (Å²) in [6.07, 6.45) is 1.00. The van der Waals surface area contributed by atoms with E-state index in [1.807, 2.05) is 12.1 Å². The zero-order chi connectivity index (χ0) is 14.7. The Bertz CT molecular complexity index is 593. The minimum absolute atomic E-state index is 0.00309. The molecule has 0 bridgehead atoms. The first kappa shape index (κ1) is 14.6. The maximum Gasteiger partial charge on any atom is 0.161 e. The molecule has 0 fully saturated rings. The van der Waals surface area contributed by atoms with Crippen molar-refractivity contribution in [3.05, 3.63) is 46.2 Å². The van der Waals surface area contributed by atoms with Crippen LogP contribution in [0.5, 0.6) is 0 Å². The van der Waals surface area contributed by atoms with Gasteiger partial charge in [-0.1, -0.05) is 6.07 Å². The van der Waals surface area contributed by atoms with Crippen molar-refractivity contribution in [3.63, 3.8) is 0 Å². The zero-order valence-electron chi connectivity index (χ0n) is 12.1. The summed E-state index contributed by atoms with van der Waals surface area (Å²) < 4.78 is 0. The molecule has 0 saturated heterocycles. The molecular weight excluding hydrogens is 268 g/mol. The number of hydrogen-bond donors (Lipinski definition) is 1. The summed E-state index contributed by atoms with van der Waals surface area (Å²) in [5.74, 6) is 0.00309. The van der Waals surface area contributed by atoms with Crippen LogP contribution in [-0.2, 0) is 6.42 Å². The Hall–Kier alpha value is -1.81. The topological polar surface area (TPSA) is 46.3 Å². The Morgan fingerprint density at radius 2 is 2.15 bits per heavy atom. The Morgan fingerprint density at radius 3 is 2.70 bits per heavy atom. The molecule has 20 heavy (non-hydrogen) atoms. The van der Waals surface area contributed by atoms with Crippen LogP contribution in [-0.4, -0.2) is 18.9 Å². The number of carbonyl (C=O) groups is 1. The van der Waals surface area contributed by atoms with E-state index in [0.29, 0.717) is 17.3 Å².